The highest BCUT2D eigenvalue weighted by Gasteiger charge is 2.16. The van der Waals surface area contributed by atoms with Crippen molar-refractivity contribution in [3.63, 3.8) is 0 Å². The van der Waals surface area contributed by atoms with Gasteiger partial charge in [0.05, 0.1) is 7.11 Å². The van der Waals surface area contributed by atoms with Gasteiger partial charge < -0.3 is 10.5 Å². The third kappa shape index (κ3) is 2.56. The highest BCUT2D eigenvalue weighted by atomic mass is 79.9. The first-order valence-electron chi connectivity index (χ1n) is 5.55. The van der Waals surface area contributed by atoms with Crippen LogP contribution in [0.25, 0.3) is 11.1 Å². The summed E-state index contributed by atoms with van der Waals surface area (Å²) in [5.41, 5.74) is 6.62. The lowest BCUT2D eigenvalue weighted by molar-refractivity contribution is 0.416. The Morgan fingerprint density at radius 3 is 2.53 bits per heavy atom. The van der Waals surface area contributed by atoms with Crippen LogP contribution >= 0.6 is 15.9 Å². The van der Waals surface area contributed by atoms with E-state index in [4.69, 9.17) is 10.5 Å². The topological polar surface area (TPSA) is 35.2 Å². The second-order valence-corrected chi connectivity index (χ2v) is 4.55. The summed E-state index contributed by atoms with van der Waals surface area (Å²) < 4.78 is 32.5. The first-order valence-corrected chi connectivity index (χ1v) is 6.67. The molecule has 0 radical (unpaired) electrons. The minimum absolute atomic E-state index is 0.221. The molecule has 19 heavy (non-hydrogen) atoms. The number of alkyl halides is 1. The summed E-state index contributed by atoms with van der Waals surface area (Å²) in [4.78, 5) is 0. The molecule has 100 valence electrons. The summed E-state index contributed by atoms with van der Waals surface area (Å²) in [7, 11) is 1.50. The van der Waals surface area contributed by atoms with Crippen LogP contribution in [0.3, 0.4) is 0 Å². The van der Waals surface area contributed by atoms with Gasteiger partial charge in [-0.15, -0.1) is 0 Å². The van der Waals surface area contributed by atoms with Crippen molar-refractivity contribution in [3.05, 3.63) is 47.5 Å². The number of anilines is 1. The van der Waals surface area contributed by atoms with Crippen molar-refractivity contribution in [1.29, 1.82) is 0 Å². The lowest BCUT2D eigenvalue weighted by Crippen LogP contribution is -1.99. The van der Waals surface area contributed by atoms with Gasteiger partial charge in [-0.3, -0.25) is 0 Å². The normalized spacial score (nSPS) is 10.5. The number of methoxy groups -OCH3 is 1. The van der Waals surface area contributed by atoms with E-state index < -0.39 is 17.3 Å². The summed E-state index contributed by atoms with van der Waals surface area (Å²) >= 11 is 3.34. The summed E-state index contributed by atoms with van der Waals surface area (Å²) in [6.07, 6.45) is 0. The average Bonchev–Trinajstić information content (AvgIpc) is 2.44. The molecule has 0 saturated heterocycles. The predicted molar refractivity (Wildman–Crippen MR) is 75.4 cm³/mol. The van der Waals surface area contributed by atoms with Crippen molar-refractivity contribution in [2.24, 2.45) is 0 Å². The fourth-order valence-electron chi connectivity index (χ4n) is 1.83. The Morgan fingerprint density at radius 1 is 1.16 bits per heavy atom. The lowest BCUT2D eigenvalue weighted by Gasteiger charge is -2.12. The van der Waals surface area contributed by atoms with Crippen LogP contribution in [0.2, 0.25) is 0 Å². The second kappa shape index (κ2) is 5.57. The molecule has 0 saturated carbocycles. The van der Waals surface area contributed by atoms with E-state index in [1.807, 2.05) is 6.07 Å². The van der Waals surface area contributed by atoms with Gasteiger partial charge in [0, 0.05) is 16.5 Å². The van der Waals surface area contributed by atoms with Gasteiger partial charge in [0.2, 0.25) is 0 Å². The molecule has 0 unspecified atom stereocenters. The van der Waals surface area contributed by atoms with Crippen molar-refractivity contribution in [3.8, 4) is 16.9 Å². The highest BCUT2D eigenvalue weighted by Crippen LogP contribution is 2.35. The Labute approximate surface area is 118 Å². The van der Waals surface area contributed by atoms with E-state index in [0.717, 1.165) is 11.6 Å². The van der Waals surface area contributed by atoms with Crippen molar-refractivity contribution in [2.75, 3.05) is 12.8 Å². The summed E-state index contributed by atoms with van der Waals surface area (Å²) in [5, 5.41) is 0.627. The molecule has 0 aromatic heterocycles. The molecule has 2 aromatic carbocycles. The van der Waals surface area contributed by atoms with Gasteiger partial charge in [0.15, 0.2) is 5.82 Å². The van der Waals surface area contributed by atoms with Crippen LogP contribution in [0.4, 0.5) is 14.5 Å². The van der Waals surface area contributed by atoms with Crippen LogP contribution in [0.1, 0.15) is 5.56 Å². The van der Waals surface area contributed by atoms with Gasteiger partial charge in [-0.1, -0.05) is 22.0 Å². The minimum atomic E-state index is -0.773. The Bertz CT molecular complexity index is 617. The first kappa shape index (κ1) is 13.8. The number of hydrogen-bond donors (Lipinski definition) is 1. The molecule has 0 fully saturated rings. The molecule has 0 spiro atoms. The maximum atomic E-state index is 14.1. The molecule has 0 aliphatic heterocycles. The molecule has 2 N–H and O–H groups in total. The van der Waals surface area contributed by atoms with E-state index in [-0.39, 0.29) is 5.56 Å². The van der Waals surface area contributed by atoms with Crippen molar-refractivity contribution in [2.45, 2.75) is 5.33 Å². The minimum Gasteiger partial charge on any atom is -0.496 e. The monoisotopic (exact) mass is 327 g/mol. The standard InChI is InChI=1S/C14H12BrF2NO/c1-19-12-5-2-8(7-15)6-10(12)9-3-4-11(16)14(18)13(9)17/h2-6H,7,18H2,1H3. The van der Waals surface area contributed by atoms with Crippen LogP contribution < -0.4 is 10.5 Å². The zero-order chi connectivity index (χ0) is 14.0. The molecule has 0 heterocycles. The molecule has 2 nitrogen and oxygen atoms in total. The third-order valence-electron chi connectivity index (χ3n) is 2.83. The number of halogens is 3. The molecule has 5 heteroatoms. The van der Waals surface area contributed by atoms with Crippen LogP contribution in [0.5, 0.6) is 5.75 Å². The Balaban J connectivity index is 2.67. The molecular weight excluding hydrogens is 316 g/mol. The van der Waals surface area contributed by atoms with Gasteiger partial charge >= 0.3 is 0 Å². The van der Waals surface area contributed by atoms with Gasteiger partial charge in [-0.2, -0.15) is 0 Å². The van der Waals surface area contributed by atoms with Crippen LogP contribution in [-0.4, -0.2) is 7.11 Å². The maximum absolute atomic E-state index is 14.1. The fourth-order valence-corrected chi connectivity index (χ4v) is 2.17. The fraction of sp³-hybridized carbons (Fsp3) is 0.143. The van der Waals surface area contributed by atoms with E-state index in [1.54, 1.807) is 12.1 Å². The molecule has 0 amide bonds. The number of ether oxygens (including phenoxy) is 1. The van der Waals surface area contributed by atoms with Gasteiger partial charge in [0.25, 0.3) is 0 Å². The Kier molecular flexibility index (Phi) is 4.04. The van der Waals surface area contributed by atoms with Gasteiger partial charge in [-0.05, 0) is 29.8 Å². The molecule has 2 rings (SSSR count). The van der Waals surface area contributed by atoms with Crippen molar-refractivity contribution < 1.29 is 13.5 Å². The van der Waals surface area contributed by atoms with Crippen LogP contribution in [0.15, 0.2) is 30.3 Å². The summed E-state index contributed by atoms with van der Waals surface area (Å²) in [6.45, 7) is 0. The number of hydrogen-bond acceptors (Lipinski definition) is 2. The zero-order valence-corrected chi connectivity index (χ0v) is 11.8. The molecule has 0 aliphatic carbocycles. The van der Waals surface area contributed by atoms with E-state index in [9.17, 15) is 8.78 Å². The molecule has 0 aliphatic rings. The lowest BCUT2D eigenvalue weighted by atomic mass is 10.0. The SMILES string of the molecule is COc1ccc(CBr)cc1-c1ccc(F)c(N)c1F. The quantitative estimate of drug-likeness (QED) is 0.680. The largest absolute Gasteiger partial charge is 0.496 e. The summed E-state index contributed by atoms with van der Waals surface area (Å²) in [6, 6.07) is 7.89. The molecular formula is C14H12BrF2NO. The molecule has 0 bridgehead atoms. The average molecular weight is 328 g/mol. The Hall–Kier alpha value is -1.62. The number of nitrogen functional groups attached to an aromatic ring is 1. The van der Waals surface area contributed by atoms with Crippen molar-refractivity contribution in [1.82, 2.24) is 0 Å². The zero-order valence-electron chi connectivity index (χ0n) is 10.2. The first-order chi connectivity index (χ1) is 9.08. The summed E-state index contributed by atoms with van der Waals surface area (Å²) in [5.74, 6) is -1.03. The van der Waals surface area contributed by atoms with E-state index in [1.165, 1.54) is 13.2 Å². The smallest absolute Gasteiger partial charge is 0.157 e. The number of rotatable bonds is 3. The number of nitrogens with two attached hydrogens (primary N) is 1. The highest BCUT2D eigenvalue weighted by molar-refractivity contribution is 9.08. The van der Waals surface area contributed by atoms with Crippen molar-refractivity contribution >= 4 is 21.6 Å². The van der Waals surface area contributed by atoms with Crippen LogP contribution in [0, 0.1) is 11.6 Å². The van der Waals surface area contributed by atoms with E-state index in [0.29, 0.717) is 16.6 Å². The second-order valence-electron chi connectivity index (χ2n) is 3.99. The van der Waals surface area contributed by atoms with E-state index in [2.05, 4.69) is 15.9 Å². The van der Waals surface area contributed by atoms with E-state index >= 15 is 0 Å². The van der Waals surface area contributed by atoms with Crippen LogP contribution in [-0.2, 0) is 5.33 Å². The predicted octanol–water partition coefficient (Wildman–Crippen LogP) is 4.12. The van der Waals surface area contributed by atoms with Gasteiger partial charge in [0.1, 0.15) is 17.3 Å². The van der Waals surface area contributed by atoms with Gasteiger partial charge in [-0.25, -0.2) is 8.78 Å². The molecule has 0 atom stereocenters. The molecule has 2 aromatic rings. The maximum Gasteiger partial charge on any atom is 0.157 e. The Morgan fingerprint density at radius 2 is 1.89 bits per heavy atom. The number of benzene rings is 2. The third-order valence-corrected chi connectivity index (χ3v) is 3.48.